The van der Waals surface area contributed by atoms with Gasteiger partial charge in [-0.15, -0.1) is 0 Å². The van der Waals surface area contributed by atoms with E-state index in [1.165, 1.54) is 12.1 Å². The first kappa shape index (κ1) is 23.8. The van der Waals surface area contributed by atoms with Crippen LogP contribution >= 0.6 is 0 Å². The van der Waals surface area contributed by atoms with Crippen LogP contribution in [0.2, 0.25) is 0 Å². The van der Waals surface area contributed by atoms with E-state index in [2.05, 4.69) is 23.4 Å². The number of hydrogen-bond acceptors (Lipinski definition) is 2. The Bertz CT molecular complexity index is 1190. The van der Waals surface area contributed by atoms with Crippen LogP contribution in [0.25, 0.3) is 11.8 Å². The molecule has 5 rings (SSSR count). The van der Waals surface area contributed by atoms with Gasteiger partial charge < -0.3 is 5.32 Å². The molecule has 2 aromatic rings. The third kappa shape index (κ3) is 4.00. The molecule has 8 heteroatoms. The fourth-order valence-electron chi connectivity index (χ4n) is 6.30. The molecule has 0 spiro atoms. The van der Waals surface area contributed by atoms with E-state index >= 15 is 0 Å². The number of halogens is 4. The normalized spacial score (nSPS) is 27.8. The average Bonchev–Trinajstić information content (AvgIpc) is 3.22. The van der Waals surface area contributed by atoms with Gasteiger partial charge in [0, 0.05) is 12.0 Å². The Balaban J connectivity index is 1.52. The summed E-state index contributed by atoms with van der Waals surface area (Å²) in [6, 6.07) is 6.13. The number of benzene rings is 1. The Hall–Kier alpha value is -2.90. The van der Waals surface area contributed by atoms with Crippen molar-refractivity contribution >= 4 is 12.0 Å². The zero-order chi connectivity index (χ0) is 25.0. The van der Waals surface area contributed by atoms with Gasteiger partial charge in [0.15, 0.2) is 0 Å². The number of aromatic nitrogens is 2. The maximum atomic E-state index is 14.0. The molecule has 0 aliphatic heterocycles. The van der Waals surface area contributed by atoms with E-state index in [0.717, 1.165) is 28.1 Å². The van der Waals surface area contributed by atoms with Gasteiger partial charge in [-0.2, -0.15) is 18.3 Å². The summed E-state index contributed by atoms with van der Waals surface area (Å²) in [5.41, 5.74) is 4.31. The van der Waals surface area contributed by atoms with E-state index < -0.39 is 35.3 Å². The molecule has 1 amide bonds. The van der Waals surface area contributed by atoms with Crippen molar-refractivity contribution in [2.75, 3.05) is 6.54 Å². The maximum Gasteiger partial charge on any atom is 0.392 e. The molecule has 0 radical (unpaired) electrons. The monoisotopic (exact) mass is 487 g/mol. The van der Waals surface area contributed by atoms with Crippen molar-refractivity contribution in [1.82, 2.24) is 15.1 Å². The highest BCUT2D eigenvalue weighted by Gasteiger charge is 2.56. The molecule has 1 N–H and O–H groups in total. The van der Waals surface area contributed by atoms with Gasteiger partial charge in [0.25, 0.3) is 0 Å². The Morgan fingerprint density at radius 1 is 1.26 bits per heavy atom. The minimum Gasteiger partial charge on any atom is -0.356 e. The van der Waals surface area contributed by atoms with E-state index in [1.807, 2.05) is 6.92 Å². The number of fused-ring (bicyclic) bond motifs is 4. The molecule has 3 aliphatic rings. The lowest BCUT2D eigenvalue weighted by Gasteiger charge is -2.50. The average molecular weight is 488 g/mol. The Labute approximate surface area is 202 Å². The number of rotatable bonds is 4. The predicted molar refractivity (Wildman–Crippen MR) is 125 cm³/mol. The highest BCUT2D eigenvalue weighted by molar-refractivity contribution is 5.80. The number of nitrogens with zero attached hydrogens (tertiary/aromatic N) is 2. The molecule has 1 saturated carbocycles. The second kappa shape index (κ2) is 8.64. The van der Waals surface area contributed by atoms with Crippen LogP contribution in [0.3, 0.4) is 0 Å². The molecular weight excluding hydrogens is 458 g/mol. The number of amides is 1. The van der Waals surface area contributed by atoms with Crippen LogP contribution in [-0.2, 0) is 11.2 Å². The Morgan fingerprint density at radius 2 is 2.00 bits per heavy atom. The number of alkyl halides is 3. The summed E-state index contributed by atoms with van der Waals surface area (Å²) < 4.78 is 57.2. The van der Waals surface area contributed by atoms with Crippen LogP contribution in [0.1, 0.15) is 50.8 Å². The van der Waals surface area contributed by atoms with E-state index in [9.17, 15) is 22.4 Å². The third-order valence-corrected chi connectivity index (χ3v) is 8.01. The van der Waals surface area contributed by atoms with Crippen molar-refractivity contribution < 1.29 is 22.4 Å². The zero-order valence-electron chi connectivity index (χ0n) is 19.8. The molecule has 0 saturated heterocycles. The second-order valence-corrected chi connectivity index (χ2v) is 10.1. The van der Waals surface area contributed by atoms with Crippen LogP contribution in [-0.4, -0.2) is 28.4 Å². The number of nitrogens with one attached hydrogen (secondary N) is 1. The molecule has 1 fully saturated rings. The van der Waals surface area contributed by atoms with E-state index in [4.69, 9.17) is 0 Å². The maximum absolute atomic E-state index is 14.0. The summed E-state index contributed by atoms with van der Waals surface area (Å²) in [4.78, 5) is 13.0. The summed E-state index contributed by atoms with van der Waals surface area (Å²) in [5.74, 6) is -4.02. The molecular formula is C27H29F4N3O. The molecule has 1 aromatic heterocycles. The van der Waals surface area contributed by atoms with Gasteiger partial charge in [-0.3, -0.25) is 4.79 Å². The minimum absolute atomic E-state index is 0.176. The molecule has 1 aromatic carbocycles. The number of carbonyl (C=O) groups excluding carboxylic acids is 1. The zero-order valence-corrected chi connectivity index (χ0v) is 19.8. The summed E-state index contributed by atoms with van der Waals surface area (Å²) in [6.45, 7) is 4.35. The SMILES string of the molecule is CCCNC(=O)[C@@H]1C2CCC3=Cc4c(cnn4-c4ccc(F)cc4)C[C@]3(C)C2=CC[C@H]1C(F)(F)F. The third-order valence-electron chi connectivity index (χ3n) is 8.01. The van der Waals surface area contributed by atoms with Gasteiger partial charge in [0.2, 0.25) is 5.91 Å². The molecule has 4 atom stereocenters. The molecule has 3 aliphatic carbocycles. The largest absolute Gasteiger partial charge is 0.392 e. The van der Waals surface area contributed by atoms with Crippen molar-refractivity contribution in [3.63, 3.8) is 0 Å². The highest BCUT2D eigenvalue weighted by Crippen LogP contribution is 2.58. The van der Waals surface area contributed by atoms with Crippen LogP contribution < -0.4 is 5.32 Å². The first-order valence-electron chi connectivity index (χ1n) is 12.2. The van der Waals surface area contributed by atoms with Crippen molar-refractivity contribution in [3.8, 4) is 5.69 Å². The van der Waals surface area contributed by atoms with E-state index in [0.29, 0.717) is 32.2 Å². The van der Waals surface area contributed by atoms with Crippen LogP contribution in [0.4, 0.5) is 17.6 Å². The first-order valence-corrected chi connectivity index (χ1v) is 12.2. The molecule has 1 unspecified atom stereocenters. The lowest BCUT2D eigenvalue weighted by atomic mass is 9.54. The van der Waals surface area contributed by atoms with Gasteiger partial charge in [0.05, 0.1) is 29.4 Å². The van der Waals surface area contributed by atoms with Crippen LogP contribution in [0.5, 0.6) is 0 Å². The highest BCUT2D eigenvalue weighted by atomic mass is 19.4. The van der Waals surface area contributed by atoms with Crippen molar-refractivity contribution in [3.05, 3.63) is 64.8 Å². The van der Waals surface area contributed by atoms with Gasteiger partial charge >= 0.3 is 6.18 Å². The Kier molecular flexibility index (Phi) is 5.88. The summed E-state index contributed by atoms with van der Waals surface area (Å²) in [6.07, 6.45) is 3.44. The van der Waals surface area contributed by atoms with E-state index in [-0.39, 0.29) is 12.2 Å². The predicted octanol–water partition coefficient (Wildman–Crippen LogP) is 6.02. The molecule has 1 heterocycles. The molecule has 186 valence electrons. The number of carbonyl (C=O) groups is 1. The first-order chi connectivity index (χ1) is 16.6. The second-order valence-electron chi connectivity index (χ2n) is 10.1. The Morgan fingerprint density at radius 3 is 2.69 bits per heavy atom. The summed E-state index contributed by atoms with van der Waals surface area (Å²) in [5, 5.41) is 7.27. The van der Waals surface area contributed by atoms with Gasteiger partial charge in [-0.25, -0.2) is 9.07 Å². The fraction of sp³-hybridized carbons (Fsp3) is 0.481. The van der Waals surface area contributed by atoms with E-state index in [1.54, 1.807) is 29.1 Å². The van der Waals surface area contributed by atoms with Crippen molar-refractivity contribution in [1.29, 1.82) is 0 Å². The van der Waals surface area contributed by atoms with Crippen LogP contribution in [0, 0.1) is 29.0 Å². The number of hydrogen-bond donors (Lipinski definition) is 1. The summed E-state index contributed by atoms with van der Waals surface area (Å²) >= 11 is 0. The fourth-order valence-corrected chi connectivity index (χ4v) is 6.30. The van der Waals surface area contributed by atoms with Crippen molar-refractivity contribution in [2.45, 2.75) is 52.1 Å². The topological polar surface area (TPSA) is 46.9 Å². The van der Waals surface area contributed by atoms with Crippen molar-refractivity contribution in [2.24, 2.45) is 23.2 Å². The number of allylic oxidation sites excluding steroid dienone is 3. The molecule has 4 nitrogen and oxygen atoms in total. The molecule has 35 heavy (non-hydrogen) atoms. The lowest BCUT2D eigenvalue weighted by Crippen LogP contribution is -2.50. The standard InChI is InChI=1S/C27H29F4N3O/c1-3-12-32-25(35)24-20-9-4-17-13-23-16(15-33-34(23)19-7-5-18(28)6-8-19)14-26(17,2)21(20)10-11-22(24)27(29,30)31/h5-8,10,13,15,20,22,24H,3-4,9,11-12,14H2,1-2H3,(H,32,35)/t20?,22-,24-,26+/m1/s1. The quantitative estimate of drug-likeness (QED) is 0.424. The molecule has 0 bridgehead atoms. The minimum atomic E-state index is -4.43. The van der Waals surface area contributed by atoms with Crippen LogP contribution in [0.15, 0.2) is 47.7 Å². The van der Waals surface area contributed by atoms with Gasteiger partial charge in [0.1, 0.15) is 5.82 Å². The smallest absolute Gasteiger partial charge is 0.356 e. The van der Waals surface area contributed by atoms with Gasteiger partial charge in [-0.1, -0.05) is 31.1 Å². The lowest BCUT2D eigenvalue weighted by molar-refractivity contribution is -0.197. The summed E-state index contributed by atoms with van der Waals surface area (Å²) in [7, 11) is 0. The van der Waals surface area contributed by atoms with Gasteiger partial charge in [-0.05, 0) is 73.9 Å².